The highest BCUT2D eigenvalue weighted by atomic mass is 35.5. The standard InChI is InChI=1S/C13H16ClNO5S/c1-8-11(13(16)17)5-9(14)6-12(8)21(18,19)15(2)10-3-4-20-7-10/h5-6,10H,3-4,7H2,1-2H3,(H,16,17). The number of carbonyl (C=O) groups is 1. The van der Waals surface area contributed by atoms with E-state index in [9.17, 15) is 13.2 Å². The van der Waals surface area contributed by atoms with Gasteiger partial charge in [0.15, 0.2) is 0 Å². The molecule has 0 aromatic heterocycles. The Hall–Kier alpha value is -1.15. The van der Waals surface area contributed by atoms with Crippen molar-refractivity contribution in [1.29, 1.82) is 0 Å². The van der Waals surface area contributed by atoms with Gasteiger partial charge in [-0.2, -0.15) is 4.31 Å². The number of hydrogen-bond acceptors (Lipinski definition) is 4. The van der Waals surface area contributed by atoms with E-state index < -0.39 is 16.0 Å². The number of hydrogen-bond donors (Lipinski definition) is 1. The number of carboxylic acids is 1. The molecular weight excluding hydrogens is 318 g/mol. The number of likely N-dealkylation sites (N-methyl/N-ethyl adjacent to an activating group) is 1. The number of halogens is 1. The molecule has 1 saturated heterocycles. The van der Waals surface area contributed by atoms with Crippen LogP contribution in [0, 0.1) is 6.92 Å². The summed E-state index contributed by atoms with van der Waals surface area (Å²) in [5.74, 6) is -1.21. The fourth-order valence-electron chi connectivity index (χ4n) is 2.30. The predicted octanol–water partition coefficient (Wildman–Crippen LogP) is 1.76. The highest BCUT2D eigenvalue weighted by Gasteiger charge is 2.32. The summed E-state index contributed by atoms with van der Waals surface area (Å²) >= 11 is 5.87. The molecule has 8 heteroatoms. The number of sulfonamides is 1. The van der Waals surface area contributed by atoms with Crippen LogP contribution < -0.4 is 0 Å². The summed E-state index contributed by atoms with van der Waals surface area (Å²) in [7, 11) is -2.36. The first-order valence-electron chi connectivity index (χ1n) is 6.34. The third-order valence-corrected chi connectivity index (χ3v) is 5.89. The van der Waals surface area contributed by atoms with Crippen LogP contribution >= 0.6 is 11.6 Å². The molecule has 0 aliphatic carbocycles. The van der Waals surface area contributed by atoms with E-state index in [1.54, 1.807) is 0 Å². The van der Waals surface area contributed by atoms with Crippen molar-refractivity contribution in [3.8, 4) is 0 Å². The molecule has 0 amide bonds. The van der Waals surface area contributed by atoms with Crippen molar-refractivity contribution < 1.29 is 23.1 Å². The molecule has 1 aromatic rings. The van der Waals surface area contributed by atoms with Crippen LogP contribution in [0.15, 0.2) is 17.0 Å². The molecule has 1 atom stereocenters. The molecule has 1 N–H and O–H groups in total. The molecule has 6 nitrogen and oxygen atoms in total. The maximum Gasteiger partial charge on any atom is 0.336 e. The van der Waals surface area contributed by atoms with Gasteiger partial charge in [0.25, 0.3) is 0 Å². The second kappa shape index (κ2) is 5.92. The minimum Gasteiger partial charge on any atom is -0.478 e. The summed E-state index contributed by atoms with van der Waals surface area (Å²) < 4.78 is 31.8. The lowest BCUT2D eigenvalue weighted by Crippen LogP contribution is -2.37. The highest BCUT2D eigenvalue weighted by Crippen LogP contribution is 2.28. The lowest BCUT2D eigenvalue weighted by molar-refractivity contribution is 0.0695. The van der Waals surface area contributed by atoms with E-state index in [0.29, 0.717) is 19.6 Å². The summed E-state index contributed by atoms with van der Waals surface area (Å²) in [6.07, 6.45) is 0.612. The lowest BCUT2D eigenvalue weighted by Gasteiger charge is -2.24. The van der Waals surface area contributed by atoms with E-state index in [0.717, 1.165) is 0 Å². The number of aromatic carboxylic acids is 1. The summed E-state index contributed by atoms with van der Waals surface area (Å²) in [4.78, 5) is 11.1. The zero-order valence-corrected chi connectivity index (χ0v) is 13.2. The van der Waals surface area contributed by atoms with Crippen molar-refractivity contribution >= 4 is 27.6 Å². The van der Waals surface area contributed by atoms with E-state index in [4.69, 9.17) is 21.4 Å². The van der Waals surface area contributed by atoms with Crippen LogP contribution in [0.4, 0.5) is 0 Å². The average molecular weight is 334 g/mol. The van der Waals surface area contributed by atoms with Gasteiger partial charge >= 0.3 is 5.97 Å². The normalized spacial score (nSPS) is 19.1. The van der Waals surface area contributed by atoms with Gasteiger partial charge in [-0.3, -0.25) is 0 Å². The van der Waals surface area contributed by atoms with Gasteiger partial charge in [0.05, 0.1) is 23.1 Å². The molecule has 1 fully saturated rings. The second-order valence-corrected chi connectivity index (χ2v) is 7.32. The van der Waals surface area contributed by atoms with Gasteiger partial charge in [-0.1, -0.05) is 11.6 Å². The van der Waals surface area contributed by atoms with E-state index >= 15 is 0 Å². The average Bonchev–Trinajstić information content (AvgIpc) is 2.93. The first-order valence-corrected chi connectivity index (χ1v) is 8.16. The zero-order valence-electron chi connectivity index (χ0n) is 11.7. The summed E-state index contributed by atoms with van der Waals surface area (Å²) in [5, 5.41) is 9.22. The zero-order chi connectivity index (χ0) is 15.8. The second-order valence-electron chi connectivity index (χ2n) is 4.92. The quantitative estimate of drug-likeness (QED) is 0.907. The van der Waals surface area contributed by atoms with Crippen LogP contribution in [0.25, 0.3) is 0 Å². The Labute approximate surface area is 128 Å². The van der Waals surface area contributed by atoms with Gasteiger partial charge in [0, 0.05) is 18.7 Å². The number of ether oxygens (including phenoxy) is 1. The summed E-state index contributed by atoms with van der Waals surface area (Å²) in [5.41, 5.74) is 0.0646. The van der Waals surface area contributed by atoms with Crippen molar-refractivity contribution in [2.45, 2.75) is 24.3 Å². The molecule has 0 bridgehead atoms. The van der Waals surface area contributed by atoms with Crippen LogP contribution in [0.3, 0.4) is 0 Å². The van der Waals surface area contributed by atoms with Crippen molar-refractivity contribution in [2.75, 3.05) is 20.3 Å². The van der Waals surface area contributed by atoms with Crippen LogP contribution in [0.5, 0.6) is 0 Å². The van der Waals surface area contributed by atoms with Gasteiger partial charge in [-0.15, -0.1) is 0 Å². The van der Waals surface area contributed by atoms with E-state index in [1.807, 2.05) is 0 Å². The number of rotatable bonds is 4. The molecule has 1 unspecified atom stereocenters. The molecule has 1 heterocycles. The molecule has 0 radical (unpaired) electrons. The van der Waals surface area contributed by atoms with E-state index in [-0.39, 0.29) is 27.1 Å². The fourth-order valence-corrected chi connectivity index (χ4v) is 4.23. The Morgan fingerprint density at radius 1 is 1.48 bits per heavy atom. The van der Waals surface area contributed by atoms with Gasteiger partial charge < -0.3 is 9.84 Å². The van der Waals surface area contributed by atoms with Gasteiger partial charge in [-0.05, 0) is 31.0 Å². The number of nitrogens with zero attached hydrogens (tertiary/aromatic N) is 1. The Kier molecular flexibility index (Phi) is 4.57. The Morgan fingerprint density at radius 2 is 2.14 bits per heavy atom. The molecule has 1 aromatic carbocycles. The minimum atomic E-state index is -3.83. The third kappa shape index (κ3) is 3.06. The number of benzene rings is 1. The Morgan fingerprint density at radius 3 is 2.67 bits per heavy atom. The predicted molar refractivity (Wildman–Crippen MR) is 77.3 cm³/mol. The molecule has 1 aliphatic heterocycles. The molecule has 0 saturated carbocycles. The maximum absolute atomic E-state index is 12.7. The largest absolute Gasteiger partial charge is 0.478 e. The van der Waals surface area contributed by atoms with Crippen molar-refractivity contribution in [3.63, 3.8) is 0 Å². The van der Waals surface area contributed by atoms with Crippen LogP contribution in [-0.4, -0.2) is 50.1 Å². The van der Waals surface area contributed by atoms with Crippen LogP contribution in [0.1, 0.15) is 22.3 Å². The molecule has 0 spiro atoms. The van der Waals surface area contributed by atoms with Crippen LogP contribution in [0.2, 0.25) is 5.02 Å². The van der Waals surface area contributed by atoms with Gasteiger partial charge in [0.1, 0.15) is 0 Å². The smallest absolute Gasteiger partial charge is 0.336 e. The lowest BCUT2D eigenvalue weighted by atomic mass is 10.1. The Bertz CT molecular complexity index is 667. The Balaban J connectivity index is 2.51. The van der Waals surface area contributed by atoms with E-state index in [1.165, 1.54) is 30.4 Å². The molecule has 2 rings (SSSR count). The van der Waals surface area contributed by atoms with Crippen molar-refractivity contribution in [1.82, 2.24) is 4.31 Å². The molecule has 1 aliphatic rings. The minimum absolute atomic E-state index is 0.0765. The SMILES string of the molecule is Cc1c(C(=O)O)cc(Cl)cc1S(=O)(=O)N(C)C1CCOC1. The molecular formula is C13H16ClNO5S. The maximum atomic E-state index is 12.7. The van der Waals surface area contributed by atoms with Crippen molar-refractivity contribution in [3.05, 3.63) is 28.3 Å². The number of carboxylic acid groups (broad SMARTS) is 1. The first-order chi connectivity index (χ1) is 9.75. The van der Waals surface area contributed by atoms with Gasteiger partial charge in [-0.25, -0.2) is 13.2 Å². The summed E-state index contributed by atoms with van der Waals surface area (Å²) in [6, 6.07) is 2.28. The monoisotopic (exact) mass is 333 g/mol. The highest BCUT2D eigenvalue weighted by molar-refractivity contribution is 7.89. The fraction of sp³-hybridized carbons (Fsp3) is 0.462. The van der Waals surface area contributed by atoms with E-state index in [2.05, 4.69) is 0 Å². The van der Waals surface area contributed by atoms with Gasteiger partial charge in [0.2, 0.25) is 10.0 Å². The third-order valence-electron chi connectivity index (χ3n) is 3.63. The van der Waals surface area contributed by atoms with Crippen molar-refractivity contribution in [2.24, 2.45) is 0 Å². The summed E-state index contributed by atoms with van der Waals surface area (Å²) in [6.45, 7) is 2.31. The molecule has 116 valence electrons. The first kappa shape index (κ1) is 16.2. The van der Waals surface area contributed by atoms with Crippen LogP contribution in [-0.2, 0) is 14.8 Å². The topological polar surface area (TPSA) is 83.9 Å². The molecule has 21 heavy (non-hydrogen) atoms.